The van der Waals surface area contributed by atoms with Crippen molar-refractivity contribution in [2.24, 2.45) is 10.7 Å². The van der Waals surface area contributed by atoms with Crippen LogP contribution < -0.4 is 20.5 Å². The lowest BCUT2D eigenvalue weighted by Crippen LogP contribution is -2.24. The number of hydrogen-bond donors (Lipinski definition) is 2. The van der Waals surface area contributed by atoms with Gasteiger partial charge in [-0.05, 0) is 23.8 Å². The van der Waals surface area contributed by atoms with Gasteiger partial charge in [-0.1, -0.05) is 18.2 Å². The second-order valence-electron chi connectivity index (χ2n) is 5.46. The Hall–Kier alpha value is -2.34. The molecule has 0 amide bonds. The van der Waals surface area contributed by atoms with Gasteiger partial charge in [0.2, 0.25) is 0 Å². The van der Waals surface area contributed by atoms with Crippen LogP contribution in [0.2, 0.25) is 0 Å². The monoisotopic (exact) mass is 343 g/mol. The SMILES string of the molecule is COc1ccc(OC)c(NC(N)=NCC2CSc3ccccc32)c1. The van der Waals surface area contributed by atoms with Gasteiger partial charge < -0.3 is 20.5 Å². The number of ether oxygens (including phenoxy) is 2. The molecule has 1 heterocycles. The maximum Gasteiger partial charge on any atom is 0.193 e. The molecule has 1 aliphatic heterocycles. The number of hydrogen-bond acceptors (Lipinski definition) is 4. The number of guanidine groups is 1. The summed E-state index contributed by atoms with van der Waals surface area (Å²) in [6.45, 7) is 0.662. The Bertz CT molecular complexity index is 749. The van der Waals surface area contributed by atoms with Crippen LogP contribution in [0, 0.1) is 0 Å². The fourth-order valence-electron chi connectivity index (χ4n) is 2.68. The van der Waals surface area contributed by atoms with Gasteiger partial charge in [-0.25, -0.2) is 0 Å². The van der Waals surface area contributed by atoms with Gasteiger partial charge in [0.15, 0.2) is 5.96 Å². The molecule has 2 aromatic rings. The Balaban J connectivity index is 1.69. The van der Waals surface area contributed by atoms with Crippen LogP contribution in [-0.2, 0) is 0 Å². The molecule has 0 radical (unpaired) electrons. The van der Waals surface area contributed by atoms with Crippen LogP contribution in [0.1, 0.15) is 11.5 Å². The molecule has 126 valence electrons. The van der Waals surface area contributed by atoms with E-state index < -0.39 is 0 Å². The lowest BCUT2D eigenvalue weighted by Gasteiger charge is -2.13. The highest BCUT2D eigenvalue weighted by Gasteiger charge is 2.22. The maximum absolute atomic E-state index is 6.05. The molecule has 3 rings (SSSR count). The van der Waals surface area contributed by atoms with Crippen LogP contribution in [-0.4, -0.2) is 32.5 Å². The van der Waals surface area contributed by atoms with Crippen LogP contribution >= 0.6 is 11.8 Å². The standard InChI is InChI=1S/C18H21N3O2S/c1-22-13-7-8-16(23-2)15(9-13)21-18(19)20-10-12-11-24-17-6-4-3-5-14(12)17/h3-9,12H,10-11H2,1-2H3,(H3,19,20,21). The van der Waals surface area contributed by atoms with Gasteiger partial charge in [0.25, 0.3) is 0 Å². The van der Waals surface area contributed by atoms with E-state index in [9.17, 15) is 0 Å². The van der Waals surface area contributed by atoms with E-state index in [1.807, 2.05) is 30.0 Å². The molecule has 24 heavy (non-hydrogen) atoms. The normalized spacial score (nSPS) is 16.6. The van der Waals surface area contributed by atoms with Crippen molar-refractivity contribution in [1.82, 2.24) is 0 Å². The molecule has 0 saturated heterocycles. The van der Waals surface area contributed by atoms with Crippen LogP contribution in [0.3, 0.4) is 0 Å². The molecule has 3 N–H and O–H groups in total. The van der Waals surface area contributed by atoms with Gasteiger partial charge in [0.05, 0.1) is 26.5 Å². The van der Waals surface area contributed by atoms with E-state index in [-0.39, 0.29) is 0 Å². The number of nitrogens with one attached hydrogen (secondary N) is 1. The molecule has 0 spiro atoms. The van der Waals surface area contributed by atoms with Gasteiger partial charge in [0, 0.05) is 22.6 Å². The number of nitrogens with two attached hydrogens (primary N) is 1. The van der Waals surface area contributed by atoms with Crippen LogP contribution in [0.4, 0.5) is 5.69 Å². The highest BCUT2D eigenvalue weighted by Crippen LogP contribution is 2.39. The molecule has 1 atom stereocenters. The third-order valence-corrected chi connectivity index (χ3v) is 5.20. The zero-order chi connectivity index (χ0) is 16.9. The highest BCUT2D eigenvalue weighted by atomic mass is 32.2. The van der Waals surface area contributed by atoms with E-state index in [1.165, 1.54) is 10.5 Å². The summed E-state index contributed by atoms with van der Waals surface area (Å²) < 4.78 is 10.6. The Kier molecular flexibility index (Phi) is 5.15. The van der Waals surface area contributed by atoms with Crippen molar-refractivity contribution in [3.05, 3.63) is 48.0 Å². The van der Waals surface area contributed by atoms with Gasteiger partial charge in [-0.15, -0.1) is 11.8 Å². The molecule has 5 nitrogen and oxygen atoms in total. The summed E-state index contributed by atoms with van der Waals surface area (Å²) >= 11 is 1.88. The van der Waals surface area contributed by atoms with E-state index >= 15 is 0 Å². The molecular formula is C18H21N3O2S. The van der Waals surface area contributed by atoms with E-state index in [4.69, 9.17) is 15.2 Å². The predicted octanol–water partition coefficient (Wildman–Crippen LogP) is 3.32. The fraction of sp³-hybridized carbons (Fsp3) is 0.278. The minimum Gasteiger partial charge on any atom is -0.497 e. The molecule has 0 aromatic heterocycles. The number of anilines is 1. The predicted molar refractivity (Wildman–Crippen MR) is 99.6 cm³/mol. The molecule has 1 unspecified atom stereocenters. The average Bonchev–Trinajstić information content (AvgIpc) is 3.03. The second kappa shape index (κ2) is 7.49. The molecule has 6 heteroatoms. The summed E-state index contributed by atoms with van der Waals surface area (Å²) in [4.78, 5) is 5.85. The zero-order valence-corrected chi connectivity index (χ0v) is 14.6. The topological polar surface area (TPSA) is 68.9 Å². The summed E-state index contributed by atoms with van der Waals surface area (Å²) in [6, 6.07) is 14.0. The lowest BCUT2D eigenvalue weighted by molar-refractivity contribution is 0.405. The number of rotatable bonds is 5. The van der Waals surface area contributed by atoms with Gasteiger partial charge in [-0.3, -0.25) is 4.99 Å². The van der Waals surface area contributed by atoms with Crippen molar-refractivity contribution in [3.8, 4) is 11.5 Å². The number of methoxy groups -OCH3 is 2. The maximum atomic E-state index is 6.05. The largest absolute Gasteiger partial charge is 0.497 e. The summed E-state index contributed by atoms with van der Waals surface area (Å²) in [7, 11) is 3.24. The summed E-state index contributed by atoms with van der Waals surface area (Å²) in [5, 5.41) is 3.10. The number of aliphatic imine (C=N–C) groups is 1. The molecule has 2 aromatic carbocycles. The molecule has 0 aliphatic carbocycles. The smallest absolute Gasteiger partial charge is 0.193 e. The van der Waals surface area contributed by atoms with Gasteiger partial charge in [0.1, 0.15) is 11.5 Å². The lowest BCUT2D eigenvalue weighted by atomic mass is 10.0. The number of fused-ring (bicyclic) bond motifs is 1. The Morgan fingerprint density at radius 2 is 2.08 bits per heavy atom. The Morgan fingerprint density at radius 1 is 1.25 bits per heavy atom. The van der Waals surface area contributed by atoms with Crippen molar-refractivity contribution >= 4 is 23.4 Å². The van der Waals surface area contributed by atoms with Crippen molar-refractivity contribution in [3.63, 3.8) is 0 Å². The quantitative estimate of drug-likeness (QED) is 0.644. The Labute approximate surface area is 146 Å². The van der Waals surface area contributed by atoms with E-state index in [2.05, 4.69) is 34.6 Å². The van der Waals surface area contributed by atoms with Crippen molar-refractivity contribution in [2.75, 3.05) is 31.8 Å². The third-order valence-electron chi connectivity index (χ3n) is 3.95. The first kappa shape index (κ1) is 16.5. The van der Waals surface area contributed by atoms with Crippen molar-refractivity contribution in [2.45, 2.75) is 10.8 Å². The minimum atomic E-state index is 0.371. The van der Waals surface area contributed by atoms with Crippen molar-refractivity contribution < 1.29 is 9.47 Å². The van der Waals surface area contributed by atoms with Crippen LogP contribution in [0.15, 0.2) is 52.4 Å². The first-order valence-electron chi connectivity index (χ1n) is 7.72. The second-order valence-corrected chi connectivity index (χ2v) is 6.52. The average molecular weight is 343 g/mol. The first-order valence-corrected chi connectivity index (χ1v) is 8.70. The zero-order valence-electron chi connectivity index (χ0n) is 13.8. The third kappa shape index (κ3) is 3.59. The molecule has 0 fully saturated rings. The van der Waals surface area contributed by atoms with E-state index in [0.29, 0.717) is 24.2 Å². The summed E-state index contributed by atoms with van der Waals surface area (Å²) in [5.74, 6) is 3.23. The van der Waals surface area contributed by atoms with E-state index in [0.717, 1.165) is 17.2 Å². The minimum absolute atomic E-state index is 0.371. The highest BCUT2D eigenvalue weighted by molar-refractivity contribution is 7.99. The first-order chi connectivity index (χ1) is 11.7. The fourth-order valence-corrected chi connectivity index (χ4v) is 3.92. The van der Waals surface area contributed by atoms with Crippen LogP contribution in [0.25, 0.3) is 0 Å². The number of nitrogens with zero attached hydrogens (tertiary/aromatic N) is 1. The molecule has 0 bridgehead atoms. The van der Waals surface area contributed by atoms with Crippen LogP contribution in [0.5, 0.6) is 11.5 Å². The summed E-state index contributed by atoms with van der Waals surface area (Å²) in [6.07, 6.45) is 0. The summed E-state index contributed by atoms with van der Waals surface area (Å²) in [5.41, 5.74) is 8.15. The molecule has 0 saturated carbocycles. The van der Waals surface area contributed by atoms with E-state index in [1.54, 1.807) is 14.2 Å². The van der Waals surface area contributed by atoms with Gasteiger partial charge in [-0.2, -0.15) is 0 Å². The van der Waals surface area contributed by atoms with Crippen molar-refractivity contribution in [1.29, 1.82) is 0 Å². The van der Waals surface area contributed by atoms with Gasteiger partial charge >= 0.3 is 0 Å². The number of benzene rings is 2. The number of thioether (sulfide) groups is 1. The molecular weight excluding hydrogens is 322 g/mol. The Morgan fingerprint density at radius 3 is 2.88 bits per heavy atom. The molecule has 1 aliphatic rings.